The summed E-state index contributed by atoms with van der Waals surface area (Å²) in [6.45, 7) is 5.15. The van der Waals surface area contributed by atoms with Crippen LogP contribution in [0.25, 0.3) is 0 Å². The molecule has 0 fully saturated rings. The first-order chi connectivity index (χ1) is 9.58. The van der Waals surface area contributed by atoms with Crippen molar-refractivity contribution in [3.8, 4) is 5.75 Å². The summed E-state index contributed by atoms with van der Waals surface area (Å²) in [7, 11) is 0. The van der Waals surface area contributed by atoms with Gasteiger partial charge in [-0.25, -0.2) is 4.79 Å². The molecule has 0 saturated carbocycles. The molecule has 7 nitrogen and oxygen atoms in total. The van der Waals surface area contributed by atoms with Crippen molar-refractivity contribution in [1.29, 1.82) is 0 Å². The van der Waals surface area contributed by atoms with Crippen LogP contribution in [0, 0.1) is 0 Å². The van der Waals surface area contributed by atoms with Crippen LogP contribution in [0.1, 0.15) is 38.9 Å². The first kappa shape index (κ1) is 16.8. The van der Waals surface area contributed by atoms with E-state index >= 15 is 0 Å². The number of aromatic hydroxyl groups is 1. The highest BCUT2D eigenvalue weighted by Gasteiger charge is 2.18. The van der Waals surface area contributed by atoms with E-state index in [1.165, 1.54) is 18.2 Å². The molecule has 0 aromatic heterocycles. The van der Waals surface area contributed by atoms with Crippen LogP contribution >= 0.6 is 0 Å². The smallest absolute Gasteiger partial charge is 0.412 e. The van der Waals surface area contributed by atoms with Crippen LogP contribution in [-0.2, 0) is 9.53 Å². The number of rotatable bonds is 4. The average molecular weight is 297 g/mol. The summed E-state index contributed by atoms with van der Waals surface area (Å²) < 4.78 is 5.05. The molecule has 0 spiro atoms. The molecule has 0 aliphatic rings. The zero-order chi connectivity index (χ0) is 16.2. The molecule has 4 N–H and O–H groups in total. The van der Waals surface area contributed by atoms with Gasteiger partial charge in [0.2, 0.25) is 0 Å². The van der Waals surface area contributed by atoms with Crippen LogP contribution in [-0.4, -0.2) is 33.0 Å². The molecule has 0 saturated heterocycles. The fraction of sp³-hybridized carbons (Fsp3) is 0.429. The number of carboxylic acids is 1. The van der Waals surface area contributed by atoms with Crippen molar-refractivity contribution in [2.75, 3.05) is 5.32 Å². The minimum absolute atomic E-state index is 0.0761. The van der Waals surface area contributed by atoms with Gasteiger partial charge in [0.15, 0.2) is 0 Å². The fourth-order valence-corrected chi connectivity index (χ4v) is 1.60. The number of anilines is 1. The maximum Gasteiger partial charge on any atom is 0.412 e. The Balaban J connectivity index is 2.78. The molecule has 116 valence electrons. The summed E-state index contributed by atoms with van der Waals surface area (Å²) in [5, 5.41) is 30.4. The summed E-state index contributed by atoms with van der Waals surface area (Å²) in [5.74, 6) is -1.49. The number of carbonyl (C=O) groups is 2. The van der Waals surface area contributed by atoms with E-state index < -0.39 is 30.2 Å². The minimum Gasteiger partial charge on any atom is -0.507 e. The maximum absolute atomic E-state index is 11.6. The predicted octanol–water partition coefficient (Wildman–Crippen LogP) is 2.25. The molecule has 1 rings (SSSR count). The molecule has 1 amide bonds. The number of aliphatic hydroxyl groups excluding tert-OH is 1. The fourth-order valence-electron chi connectivity index (χ4n) is 1.60. The number of aliphatic carboxylic acids is 1. The van der Waals surface area contributed by atoms with Gasteiger partial charge in [-0.05, 0) is 26.8 Å². The molecule has 1 atom stereocenters. The molecule has 7 heteroatoms. The summed E-state index contributed by atoms with van der Waals surface area (Å²) in [5.41, 5.74) is -0.302. The third-order valence-electron chi connectivity index (χ3n) is 2.40. The molecule has 1 aromatic rings. The van der Waals surface area contributed by atoms with E-state index in [9.17, 15) is 19.8 Å². The first-order valence-corrected chi connectivity index (χ1v) is 6.31. The monoisotopic (exact) mass is 297 g/mol. The van der Waals surface area contributed by atoms with Crippen molar-refractivity contribution in [2.24, 2.45) is 0 Å². The summed E-state index contributed by atoms with van der Waals surface area (Å²) in [6, 6.07) is 3.99. The number of hydrogen-bond acceptors (Lipinski definition) is 5. The van der Waals surface area contributed by atoms with Crippen molar-refractivity contribution >= 4 is 17.7 Å². The van der Waals surface area contributed by atoms with Crippen molar-refractivity contribution in [1.82, 2.24) is 0 Å². The van der Waals surface area contributed by atoms with E-state index in [0.717, 1.165) is 0 Å². The van der Waals surface area contributed by atoms with Crippen LogP contribution in [0.15, 0.2) is 18.2 Å². The van der Waals surface area contributed by atoms with Gasteiger partial charge < -0.3 is 20.1 Å². The van der Waals surface area contributed by atoms with Crippen molar-refractivity contribution in [3.63, 3.8) is 0 Å². The van der Waals surface area contributed by atoms with Gasteiger partial charge in [-0.15, -0.1) is 0 Å². The number of nitrogens with one attached hydrogen (secondary N) is 1. The molecule has 0 heterocycles. The van der Waals surface area contributed by atoms with Gasteiger partial charge in [0.25, 0.3) is 0 Å². The Morgan fingerprint density at radius 3 is 2.43 bits per heavy atom. The average Bonchev–Trinajstić information content (AvgIpc) is 2.24. The highest BCUT2D eigenvalue weighted by atomic mass is 16.6. The Hall–Kier alpha value is -2.28. The Morgan fingerprint density at radius 1 is 1.33 bits per heavy atom. The lowest BCUT2D eigenvalue weighted by molar-refractivity contribution is -0.139. The number of phenols is 1. The van der Waals surface area contributed by atoms with E-state index in [1.807, 2.05) is 0 Å². The predicted molar refractivity (Wildman–Crippen MR) is 75.2 cm³/mol. The molecule has 0 bridgehead atoms. The minimum atomic E-state index is -1.32. The molecule has 1 unspecified atom stereocenters. The second kappa shape index (κ2) is 6.45. The van der Waals surface area contributed by atoms with Gasteiger partial charge in [0.1, 0.15) is 11.4 Å². The van der Waals surface area contributed by atoms with E-state index in [1.54, 1.807) is 20.8 Å². The number of phenolic OH excluding ortho intramolecular Hbond substituents is 1. The van der Waals surface area contributed by atoms with Crippen molar-refractivity contribution in [3.05, 3.63) is 23.8 Å². The normalized spacial score (nSPS) is 12.6. The van der Waals surface area contributed by atoms with Gasteiger partial charge in [-0.2, -0.15) is 0 Å². The first-order valence-electron chi connectivity index (χ1n) is 6.31. The number of benzene rings is 1. The van der Waals surface area contributed by atoms with Crippen molar-refractivity contribution < 1.29 is 29.6 Å². The number of carboxylic acid groups (broad SMARTS) is 1. The lowest BCUT2D eigenvalue weighted by atomic mass is 10.0. The number of ether oxygens (including phenoxy) is 1. The number of aliphatic hydroxyl groups is 1. The number of amides is 1. The molecular formula is C14H19NO6. The Labute approximate surface area is 122 Å². The van der Waals surface area contributed by atoms with E-state index in [-0.39, 0.29) is 17.0 Å². The summed E-state index contributed by atoms with van der Waals surface area (Å²) in [6.07, 6.45) is -2.52. The molecule has 21 heavy (non-hydrogen) atoms. The van der Waals surface area contributed by atoms with Gasteiger partial charge >= 0.3 is 12.1 Å². The van der Waals surface area contributed by atoms with Crippen LogP contribution in [0.2, 0.25) is 0 Å². The molecule has 1 aromatic carbocycles. The highest BCUT2D eigenvalue weighted by Crippen LogP contribution is 2.29. The van der Waals surface area contributed by atoms with Crippen molar-refractivity contribution in [2.45, 2.75) is 38.9 Å². The molecule has 0 aliphatic carbocycles. The van der Waals surface area contributed by atoms with Gasteiger partial charge in [0, 0.05) is 17.3 Å². The van der Waals surface area contributed by atoms with Crippen LogP contribution < -0.4 is 5.32 Å². The Morgan fingerprint density at radius 2 is 1.95 bits per heavy atom. The second-order valence-electron chi connectivity index (χ2n) is 5.51. The standard InChI is InChI=1S/C14H19NO6/c1-14(2,3)21-13(20)15-8-4-5-9(10(16)6-8)11(17)7-12(18)19/h4-6,11,16-17H,7H2,1-3H3,(H,15,20)(H,18,19). The van der Waals surface area contributed by atoms with E-state index in [0.29, 0.717) is 0 Å². The zero-order valence-corrected chi connectivity index (χ0v) is 12.1. The highest BCUT2D eigenvalue weighted by molar-refractivity contribution is 5.85. The lowest BCUT2D eigenvalue weighted by Gasteiger charge is -2.20. The molecule has 0 radical (unpaired) electrons. The van der Waals surface area contributed by atoms with Crippen LogP contribution in [0.4, 0.5) is 10.5 Å². The Kier molecular flexibility index (Phi) is 5.15. The summed E-state index contributed by atoms with van der Waals surface area (Å²) >= 11 is 0. The molecule has 0 aliphatic heterocycles. The van der Waals surface area contributed by atoms with Crippen LogP contribution in [0.5, 0.6) is 5.75 Å². The zero-order valence-electron chi connectivity index (χ0n) is 12.1. The van der Waals surface area contributed by atoms with Gasteiger partial charge in [-0.1, -0.05) is 6.07 Å². The largest absolute Gasteiger partial charge is 0.507 e. The van der Waals surface area contributed by atoms with Gasteiger partial charge in [-0.3, -0.25) is 10.1 Å². The summed E-state index contributed by atoms with van der Waals surface area (Å²) in [4.78, 5) is 22.1. The topological polar surface area (TPSA) is 116 Å². The lowest BCUT2D eigenvalue weighted by Crippen LogP contribution is -2.27. The quantitative estimate of drug-likeness (QED) is 0.677. The third kappa shape index (κ3) is 5.70. The van der Waals surface area contributed by atoms with E-state index in [2.05, 4.69) is 5.32 Å². The molecular weight excluding hydrogens is 278 g/mol. The van der Waals surface area contributed by atoms with Crippen LogP contribution in [0.3, 0.4) is 0 Å². The third-order valence-corrected chi connectivity index (χ3v) is 2.40. The Bertz CT molecular complexity index is 535. The van der Waals surface area contributed by atoms with Gasteiger partial charge in [0.05, 0.1) is 12.5 Å². The SMILES string of the molecule is CC(C)(C)OC(=O)Nc1ccc(C(O)CC(=O)O)c(O)c1. The van der Waals surface area contributed by atoms with E-state index in [4.69, 9.17) is 9.84 Å². The number of carbonyl (C=O) groups excluding carboxylic acids is 1. The number of hydrogen-bond donors (Lipinski definition) is 4. The maximum atomic E-state index is 11.6. The second-order valence-corrected chi connectivity index (χ2v) is 5.51.